The quantitative estimate of drug-likeness (QED) is 0.489. The van der Waals surface area contributed by atoms with E-state index in [0.29, 0.717) is 18.8 Å². The Morgan fingerprint density at radius 1 is 1.04 bits per heavy atom. The standard InChI is InChI=1S/C19H28F6O3/c1-6-16(7-2,17(27,18(20,21)22)19(23,24)25)28-14(26)15(5)9-12-8-13(15)11(4)10(12)3/h10-13,27H,6-9H2,1-5H3. The van der Waals surface area contributed by atoms with Gasteiger partial charge in [0.05, 0.1) is 5.41 Å². The Labute approximate surface area is 160 Å². The highest BCUT2D eigenvalue weighted by Gasteiger charge is 2.80. The molecule has 0 aromatic rings. The second-order valence-electron chi connectivity index (χ2n) is 8.74. The molecule has 2 fully saturated rings. The molecule has 2 bridgehead atoms. The second kappa shape index (κ2) is 6.77. The van der Waals surface area contributed by atoms with Crippen molar-refractivity contribution >= 4 is 5.97 Å². The molecule has 2 aliphatic carbocycles. The Balaban J connectivity index is 2.46. The molecule has 0 amide bonds. The van der Waals surface area contributed by atoms with Gasteiger partial charge in [-0.3, -0.25) is 4.79 Å². The zero-order chi connectivity index (χ0) is 21.9. The predicted octanol–water partition coefficient (Wildman–Crippen LogP) is 5.26. The third-order valence-electron chi connectivity index (χ3n) is 7.65. The van der Waals surface area contributed by atoms with Crippen molar-refractivity contribution in [3.05, 3.63) is 0 Å². The molecule has 28 heavy (non-hydrogen) atoms. The summed E-state index contributed by atoms with van der Waals surface area (Å²) in [5.74, 6) is -0.640. The fourth-order valence-corrected chi connectivity index (χ4v) is 5.54. The van der Waals surface area contributed by atoms with Gasteiger partial charge < -0.3 is 9.84 Å². The number of hydrogen-bond donors (Lipinski definition) is 1. The molecule has 0 heterocycles. The first-order valence-corrected chi connectivity index (χ1v) is 9.61. The molecule has 0 saturated heterocycles. The molecular weight excluding hydrogens is 390 g/mol. The van der Waals surface area contributed by atoms with Gasteiger partial charge in [0.15, 0.2) is 5.60 Å². The van der Waals surface area contributed by atoms with Gasteiger partial charge in [0.25, 0.3) is 5.60 Å². The summed E-state index contributed by atoms with van der Waals surface area (Å²) in [6, 6.07) is 0. The lowest BCUT2D eigenvalue weighted by molar-refractivity contribution is -0.414. The van der Waals surface area contributed by atoms with Crippen molar-refractivity contribution in [3.63, 3.8) is 0 Å². The van der Waals surface area contributed by atoms with Gasteiger partial charge in [-0.15, -0.1) is 0 Å². The smallest absolute Gasteiger partial charge is 0.430 e. The van der Waals surface area contributed by atoms with Gasteiger partial charge in [-0.2, -0.15) is 26.3 Å². The van der Waals surface area contributed by atoms with Crippen LogP contribution in [0.4, 0.5) is 26.3 Å². The number of carbonyl (C=O) groups excluding carboxylic acids is 1. The summed E-state index contributed by atoms with van der Waals surface area (Å²) in [5, 5.41) is 9.97. The van der Waals surface area contributed by atoms with Crippen molar-refractivity contribution in [3.8, 4) is 0 Å². The van der Waals surface area contributed by atoms with Gasteiger partial charge >= 0.3 is 18.3 Å². The minimum atomic E-state index is -6.06. The van der Waals surface area contributed by atoms with Gasteiger partial charge in [-0.25, -0.2) is 0 Å². The van der Waals surface area contributed by atoms with E-state index in [9.17, 15) is 36.2 Å². The maximum atomic E-state index is 13.5. The molecule has 5 atom stereocenters. The second-order valence-corrected chi connectivity index (χ2v) is 8.74. The Hall–Kier alpha value is -0.990. The molecule has 164 valence electrons. The highest BCUT2D eigenvalue weighted by molar-refractivity contribution is 5.78. The normalized spacial score (nSPS) is 34.0. The summed E-state index contributed by atoms with van der Waals surface area (Å²) in [6.07, 6.45) is -12.7. The molecule has 5 unspecified atom stereocenters. The van der Waals surface area contributed by atoms with Crippen LogP contribution in [0.2, 0.25) is 0 Å². The molecule has 0 aliphatic heterocycles. The van der Waals surface area contributed by atoms with Crippen LogP contribution in [0.15, 0.2) is 0 Å². The van der Waals surface area contributed by atoms with Crippen LogP contribution < -0.4 is 0 Å². The maximum Gasteiger partial charge on any atom is 0.430 e. The highest BCUT2D eigenvalue weighted by Crippen LogP contribution is 2.62. The minimum Gasteiger partial charge on any atom is -0.455 e. The number of carbonyl (C=O) groups is 1. The molecule has 0 aromatic heterocycles. The lowest BCUT2D eigenvalue weighted by atomic mass is 9.66. The lowest BCUT2D eigenvalue weighted by Gasteiger charge is -2.48. The largest absolute Gasteiger partial charge is 0.455 e. The van der Waals surface area contributed by atoms with E-state index in [2.05, 4.69) is 0 Å². The number of halogens is 6. The van der Waals surface area contributed by atoms with E-state index in [4.69, 9.17) is 4.74 Å². The average Bonchev–Trinajstić information content (AvgIpc) is 3.06. The third kappa shape index (κ3) is 2.94. The van der Waals surface area contributed by atoms with Gasteiger partial charge in [0.1, 0.15) is 0 Å². The zero-order valence-corrected chi connectivity index (χ0v) is 16.7. The topological polar surface area (TPSA) is 46.5 Å². The van der Waals surface area contributed by atoms with Crippen LogP contribution in [0.5, 0.6) is 0 Å². The Morgan fingerprint density at radius 2 is 1.50 bits per heavy atom. The van der Waals surface area contributed by atoms with Gasteiger partial charge in [0, 0.05) is 0 Å². The number of ether oxygens (including phenoxy) is 1. The van der Waals surface area contributed by atoms with Crippen molar-refractivity contribution in [1.82, 2.24) is 0 Å². The first-order chi connectivity index (χ1) is 12.5. The van der Waals surface area contributed by atoms with E-state index in [1.165, 1.54) is 0 Å². The summed E-state index contributed by atoms with van der Waals surface area (Å²) in [6.45, 7) is 7.63. The molecule has 2 rings (SSSR count). The van der Waals surface area contributed by atoms with E-state index in [0.717, 1.165) is 13.8 Å². The van der Waals surface area contributed by atoms with Crippen molar-refractivity contribution < 1.29 is 41.0 Å². The fourth-order valence-electron chi connectivity index (χ4n) is 5.54. The van der Waals surface area contributed by atoms with E-state index < -0.39 is 47.8 Å². The average molecular weight is 418 g/mol. The van der Waals surface area contributed by atoms with Crippen molar-refractivity contribution in [2.45, 2.75) is 83.9 Å². The maximum absolute atomic E-state index is 13.5. The molecule has 0 spiro atoms. The third-order valence-corrected chi connectivity index (χ3v) is 7.65. The summed E-state index contributed by atoms with van der Waals surface area (Å²) in [7, 11) is 0. The van der Waals surface area contributed by atoms with Crippen LogP contribution in [0.1, 0.15) is 60.3 Å². The predicted molar refractivity (Wildman–Crippen MR) is 89.1 cm³/mol. The lowest BCUT2D eigenvalue weighted by Crippen LogP contribution is -2.72. The number of hydrogen-bond acceptors (Lipinski definition) is 3. The minimum absolute atomic E-state index is 0.109. The fraction of sp³-hybridized carbons (Fsp3) is 0.947. The van der Waals surface area contributed by atoms with Crippen molar-refractivity contribution in [1.29, 1.82) is 0 Å². The summed E-state index contributed by atoms with van der Waals surface area (Å²) >= 11 is 0. The first kappa shape index (κ1) is 23.3. The van der Waals surface area contributed by atoms with Crippen LogP contribution in [0.3, 0.4) is 0 Å². The summed E-state index contributed by atoms with van der Waals surface area (Å²) in [5.41, 5.74) is -9.47. The highest BCUT2D eigenvalue weighted by atomic mass is 19.4. The molecule has 2 aliphatic rings. The number of aliphatic hydroxyl groups is 1. The van der Waals surface area contributed by atoms with E-state index in [1.807, 2.05) is 13.8 Å². The van der Waals surface area contributed by atoms with Crippen LogP contribution in [0.25, 0.3) is 0 Å². The Kier molecular flexibility index (Phi) is 5.63. The molecule has 0 radical (unpaired) electrons. The van der Waals surface area contributed by atoms with Crippen molar-refractivity contribution in [2.24, 2.45) is 29.1 Å². The van der Waals surface area contributed by atoms with E-state index >= 15 is 0 Å². The molecule has 1 N–H and O–H groups in total. The van der Waals surface area contributed by atoms with Crippen LogP contribution >= 0.6 is 0 Å². The van der Waals surface area contributed by atoms with Gasteiger partial charge in [-0.05, 0) is 56.3 Å². The van der Waals surface area contributed by atoms with Crippen LogP contribution in [-0.2, 0) is 9.53 Å². The van der Waals surface area contributed by atoms with E-state index in [1.54, 1.807) is 6.92 Å². The van der Waals surface area contributed by atoms with Crippen LogP contribution in [0, 0.1) is 29.1 Å². The number of esters is 1. The Morgan fingerprint density at radius 3 is 1.82 bits per heavy atom. The molecule has 2 saturated carbocycles. The number of rotatable bonds is 5. The van der Waals surface area contributed by atoms with Gasteiger partial charge in [0.2, 0.25) is 0 Å². The molecule has 3 nitrogen and oxygen atoms in total. The number of fused-ring (bicyclic) bond motifs is 2. The SMILES string of the molecule is CCC(CC)(OC(=O)C1(C)CC2CC1C(C)C2C)C(O)(C(F)(F)F)C(F)(F)F. The molecule has 0 aromatic carbocycles. The number of alkyl halides is 6. The first-order valence-electron chi connectivity index (χ1n) is 9.61. The zero-order valence-electron chi connectivity index (χ0n) is 16.7. The monoisotopic (exact) mass is 418 g/mol. The summed E-state index contributed by atoms with van der Waals surface area (Å²) < 4.78 is 86.0. The van der Waals surface area contributed by atoms with Gasteiger partial charge in [-0.1, -0.05) is 27.7 Å². The Bertz CT molecular complexity index is 594. The van der Waals surface area contributed by atoms with Crippen LogP contribution in [-0.4, -0.2) is 34.6 Å². The summed E-state index contributed by atoms with van der Waals surface area (Å²) in [4.78, 5) is 13.0. The molecular formula is C19H28F6O3. The van der Waals surface area contributed by atoms with E-state index in [-0.39, 0.29) is 17.8 Å². The van der Waals surface area contributed by atoms with Crippen molar-refractivity contribution in [2.75, 3.05) is 0 Å². The molecule has 9 heteroatoms.